The Kier molecular flexibility index (Phi) is 4.43. The summed E-state index contributed by atoms with van der Waals surface area (Å²) in [7, 11) is 0. The van der Waals surface area contributed by atoms with Gasteiger partial charge in [0.1, 0.15) is 5.75 Å². The Morgan fingerprint density at radius 2 is 2.24 bits per heavy atom. The molecule has 2 rings (SSSR count). The van der Waals surface area contributed by atoms with Crippen LogP contribution in [0.2, 0.25) is 0 Å². The Morgan fingerprint density at radius 1 is 1.35 bits per heavy atom. The average molecular weight is 233 g/mol. The quantitative estimate of drug-likeness (QED) is 0.841. The molecule has 0 bridgehead atoms. The van der Waals surface area contributed by atoms with Gasteiger partial charge >= 0.3 is 0 Å². The van der Waals surface area contributed by atoms with E-state index in [1.165, 1.54) is 30.4 Å². The molecule has 1 aromatic rings. The maximum absolute atomic E-state index is 5.72. The van der Waals surface area contributed by atoms with E-state index in [-0.39, 0.29) is 0 Å². The van der Waals surface area contributed by atoms with Crippen LogP contribution in [0, 0.1) is 0 Å². The minimum atomic E-state index is 0.477. The lowest BCUT2D eigenvalue weighted by Gasteiger charge is -2.27. The highest BCUT2D eigenvalue weighted by atomic mass is 16.5. The molecule has 0 aliphatic carbocycles. The fraction of sp³-hybridized carbons (Fsp3) is 0.600. The number of ether oxygens (including phenoxy) is 1. The van der Waals surface area contributed by atoms with Crippen molar-refractivity contribution < 1.29 is 4.74 Å². The standard InChI is InChI=1S/C15H23NO/c1-3-5-6-12-7-8-15-13(11-12)14(16-4-2)9-10-17-15/h7-8,11,14,16H,3-6,9-10H2,1-2H3. The second-order valence-electron chi connectivity index (χ2n) is 4.72. The SMILES string of the molecule is CCCCc1ccc2c(c1)C(NCC)CCO2. The topological polar surface area (TPSA) is 21.3 Å². The van der Waals surface area contributed by atoms with E-state index in [0.717, 1.165) is 25.3 Å². The lowest BCUT2D eigenvalue weighted by Crippen LogP contribution is -2.26. The summed E-state index contributed by atoms with van der Waals surface area (Å²) in [5.41, 5.74) is 2.80. The Balaban J connectivity index is 2.18. The van der Waals surface area contributed by atoms with Gasteiger partial charge in [0.2, 0.25) is 0 Å². The number of benzene rings is 1. The summed E-state index contributed by atoms with van der Waals surface area (Å²) in [6.07, 6.45) is 4.79. The zero-order chi connectivity index (χ0) is 12.1. The maximum atomic E-state index is 5.72. The van der Waals surface area contributed by atoms with Crippen LogP contribution in [0.15, 0.2) is 18.2 Å². The van der Waals surface area contributed by atoms with Crippen LogP contribution >= 0.6 is 0 Å². The van der Waals surface area contributed by atoms with Gasteiger partial charge in [-0.05, 0) is 31.0 Å². The van der Waals surface area contributed by atoms with Crippen molar-refractivity contribution in [2.75, 3.05) is 13.2 Å². The van der Waals surface area contributed by atoms with Gasteiger partial charge in [-0.2, -0.15) is 0 Å². The number of rotatable bonds is 5. The maximum Gasteiger partial charge on any atom is 0.124 e. The summed E-state index contributed by atoms with van der Waals surface area (Å²) in [4.78, 5) is 0. The molecule has 1 heterocycles. The third-order valence-electron chi connectivity index (χ3n) is 3.38. The predicted octanol–water partition coefficient (Wildman–Crippen LogP) is 3.46. The molecular weight excluding hydrogens is 210 g/mol. The van der Waals surface area contributed by atoms with Gasteiger partial charge in [-0.15, -0.1) is 0 Å². The fourth-order valence-electron chi connectivity index (χ4n) is 2.44. The summed E-state index contributed by atoms with van der Waals surface area (Å²) >= 11 is 0. The summed E-state index contributed by atoms with van der Waals surface area (Å²) in [6.45, 7) is 6.25. The van der Waals surface area contributed by atoms with Crippen LogP contribution < -0.4 is 10.1 Å². The number of fused-ring (bicyclic) bond motifs is 1. The Hall–Kier alpha value is -1.02. The van der Waals surface area contributed by atoms with Gasteiger partial charge < -0.3 is 10.1 Å². The molecule has 0 radical (unpaired) electrons. The number of unbranched alkanes of at least 4 members (excludes halogenated alkanes) is 1. The Morgan fingerprint density at radius 3 is 3.00 bits per heavy atom. The smallest absolute Gasteiger partial charge is 0.124 e. The summed E-state index contributed by atoms with van der Waals surface area (Å²) in [5, 5.41) is 3.54. The first-order chi connectivity index (χ1) is 8.35. The largest absolute Gasteiger partial charge is 0.493 e. The van der Waals surface area contributed by atoms with Crippen molar-refractivity contribution in [1.29, 1.82) is 0 Å². The molecule has 0 aromatic heterocycles. The van der Waals surface area contributed by atoms with Crippen LogP contribution in [-0.4, -0.2) is 13.2 Å². The molecule has 1 atom stereocenters. The first kappa shape index (κ1) is 12.4. The monoisotopic (exact) mass is 233 g/mol. The number of aryl methyl sites for hydroxylation is 1. The van der Waals surface area contributed by atoms with Crippen molar-refractivity contribution >= 4 is 0 Å². The fourth-order valence-corrected chi connectivity index (χ4v) is 2.44. The minimum Gasteiger partial charge on any atom is -0.493 e. The van der Waals surface area contributed by atoms with Crippen molar-refractivity contribution in [3.8, 4) is 5.75 Å². The van der Waals surface area contributed by atoms with Crippen molar-refractivity contribution in [3.05, 3.63) is 29.3 Å². The normalized spacial score (nSPS) is 18.6. The van der Waals surface area contributed by atoms with E-state index in [1.807, 2.05) is 0 Å². The molecule has 2 nitrogen and oxygen atoms in total. The van der Waals surface area contributed by atoms with Crippen LogP contribution in [0.4, 0.5) is 0 Å². The summed E-state index contributed by atoms with van der Waals surface area (Å²) < 4.78 is 5.72. The van der Waals surface area contributed by atoms with Crippen molar-refractivity contribution in [3.63, 3.8) is 0 Å². The molecule has 0 amide bonds. The molecule has 0 saturated carbocycles. The number of hydrogen-bond donors (Lipinski definition) is 1. The molecular formula is C15H23NO. The molecule has 1 aliphatic heterocycles. The molecule has 94 valence electrons. The molecule has 0 fully saturated rings. The lowest BCUT2D eigenvalue weighted by molar-refractivity contribution is 0.254. The molecule has 1 N–H and O–H groups in total. The summed E-state index contributed by atoms with van der Waals surface area (Å²) in [5.74, 6) is 1.07. The van der Waals surface area contributed by atoms with E-state index in [9.17, 15) is 0 Å². The van der Waals surface area contributed by atoms with Crippen molar-refractivity contribution in [1.82, 2.24) is 5.32 Å². The number of hydrogen-bond acceptors (Lipinski definition) is 2. The van der Waals surface area contributed by atoms with E-state index >= 15 is 0 Å². The van der Waals surface area contributed by atoms with E-state index in [2.05, 4.69) is 37.4 Å². The van der Waals surface area contributed by atoms with Gasteiger partial charge in [0.05, 0.1) is 6.61 Å². The van der Waals surface area contributed by atoms with Crippen LogP contribution in [0.3, 0.4) is 0 Å². The molecule has 1 aliphatic rings. The number of nitrogens with one attached hydrogen (secondary N) is 1. The third kappa shape index (κ3) is 3.01. The molecule has 0 saturated heterocycles. The molecule has 0 spiro atoms. The lowest BCUT2D eigenvalue weighted by atomic mass is 9.96. The first-order valence-corrected chi connectivity index (χ1v) is 6.84. The zero-order valence-electron chi connectivity index (χ0n) is 11.0. The van der Waals surface area contributed by atoms with Gasteiger partial charge in [0.25, 0.3) is 0 Å². The third-order valence-corrected chi connectivity index (χ3v) is 3.38. The van der Waals surface area contributed by atoms with Crippen LogP contribution in [-0.2, 0) is 6.42 Å². The zero-order valence-corrected chi connectivity index (χ0v) is 11.0. The average Bonchev–Trinajstić information content (AvgIpc) is 2.37. The Labute approximate surface area is 104 Å². The first-order valence-electron chi connectivity index (χ1n) is 6.84. The van der Waals surface area contributed by atoms with Crippen LogP contribution in [0.1, 0.15) is 50.3 Å². The van der Waals surface area contributed by atoms with Crippen LogP contribution in [0.25, 0.3) is 0 Å². The van der Waals surface area contributed by atoms with Gasteiger partial charge in [0, 0.05) is 18.0 Å². The highest BCUT2D eigenvalue weighted by molar-refractivity contribution is 5.40. The molecule has 2 heteroatoms. The molecule has 1 unspecified atom stereocenters. The second-order valence-corrected chi connectivity index (χ2v) is 4.72. The predicted molar refractivity (Wildman–Crippen MR) is 71.6 cm³/mol. The van der Waals surface area contributed by atoms with Gasteiger partial charge in [-0.25, -0.2) is 0 Å². The van der Waals surface area contributed by atoms with E-state index in [0.29, 0.717) is 6.04 Å². The van der Waals surface area contributed by atoms with Crippen LogP contribution in [0.5, 0.6) is 5.75 Å². The van der Waals surface area contributed by atoms with Gasteiger partial charge in [-0.3, -0.25) is 0 Å². The van der Waals surface area contributed by atoms with Crippen molar-refractivity contribution in [2.24, 2.45) is 0 Å². The van der Waals surface area contributed by atoms with Gasteiger partial charge in [0.15, 0.2) is 0 Å². The highest BCUT2D eigenvalue weighted by Crippen LogP contribution is 2.32. The van der Waals surface area contributed by atoms with Crippen molar-refractivity contribution in [2.45, 2.75) is 45.6 Å². The van der Waals surface area contributed by atoms with E-state index in [1.54, 1.807) is 0 Å². The summed E-state index contributed by atoms with van der Waals surface area (Å²) in [6, 6.07) is 7.16. The molecule has 17 heavy (non-hydrogen) atoms. The van der Waals surface area contributed by atoms with E-state index in [4.69, 9.17) is 4.74 Å². The second kappa shape index (κ2) is 6.06. The Bertz CT molecular complexity index is 362. The minimum absolute atomic E-state index is 0.477. The molecule has 1 aromatic carbocycles. The van der Waals surface area contributed by atoms with E-state index < -0.39 is 0 Å². The van der Waals surface area contributed by atoms with Gasteiger partial charge in [-0.1, -0.05) is 32.4 Å². The highest BCUT2D eigenvalue weighted by Gasteiger charge is 2.20.